The molecule has 0 N–H and O–H groups in total. The van der Waals surface area contributed by atoms with Gasteiger partial charge in [-0.1, -0.05) is 24.3 Å². The van der Waals surface area contributed by atoms with E-state index in [1.165, 1.54) is 23.5 Å². The molecule has 0 saturated heterocycles. The van der Waals surface area contributed by atoms with Gasteiger partial charge in [0.05, 0.1) is 16.2 Å². The number of hydrogen-bond acceptors (Lipinski definition) is 6. The molecule has 3 aromatic rings. The van der Waals surface area contributed by atoms with Gasteiger partial charge in [-0.25, -0.2) is 4.98 Å². The van der Waals surface area contributed by atoms with Crippen LogP contribution in [0.4, 0.5) is 11.4 Å². The SMILES string of the molecule is CN(C)c1ccc(C=C(C#N)c2nc(-c3cccc([N+](=O)[O-])c3)cs2)cc1. The standard InChI is InChI=1S/C20H16N4O2S/c1-23(2)17-8-6-14(7-9-17)10-16(12-21)20-22-19(13-27-20)15-4-3-5-18(11-15)24(25)26/h3-11,13H,1-2H3. The number of allylic oxidation sites excluding steroid dienone is 1. The normalized spacial score (nSPS) is 11.1. The molecule has 1 aromatic heterocycles. The average molecular weight is 376 g/mol. The van der Waals surface area contributed by atoms with Crippen molar-refractivity contribution in [3.8, 4) is 17.3 Å². The Morgan fingerprint density at radius 3 is 2.63 bits per heavy atom. The lowest BCUT2D eigenvalue weighted by atomic mass is 10.1. The number of benzene rings is 2. The Morgan fingerprint density at radius 1 is 1.26 bits per heavy atom. The van der Waals surface area contributed by atoms with E-state index in [1.807, 2.05) is 43.3 Å². The van der Waals surface area contributed by atoms with Crippen molar-refractivity contribution in [2.45, 2.75) is 0 Å². The molecule has 7 heteroatoms. The fourth-order valence-corrected chi connectivity index (χ4v) is 3.28. The Bertz CT molecular complexity index is 1050. The van der Waals surface area contributed by atoms with Gasteiger partial charge in [0.1, 0.15) is 11.1 Å². The number of nitro benzene ring substituents is 1. The number of aromatic nitrogens is 1. The van der Waals surface area contributed by atoms with Crippen LogP contribution in [0.2, 0.25) is 0 Å². The van der Waals surface area contributed by atoms with E-state index < -0.39 is 4.92 Å². The van der Waals surface area contributed by atoms with Crippen LogP contribution in [0.3, 0.4) is 0 Å². The van der Waals surface area contributed by atoms with Gasteiger partial charge in [0.15, 0.2) is 0 Å². The van der Waals surface area contributed by atoms with Crippen LogP contribution in [0.25, 0.3) is 22.9 Å². The second-order valence-electron chi connectivity index (χ2n) is 6.00. The fraction of sp³-hybridized carbons (Fsp3) is 0.100. The van der Waals surface area contributed by atoms with Gasteiger partial charge in [0, 0.05) is 42.9 Å². The quantitative estimate of drug-likeness (QED) is 0.361. The van der Waals surface area contributed by atoms with E-state index in [1.54, 1.807) is 23.6 Å². The summed E-state index contributed by atoms with van der Waals surface area (Å²) in [5.41, 5.74) is 3.72. The third kappa shape index (κ3) is 4.19. The van der Waals surface area contributed by atoms with Gasteiger partial charge in [-0.15, -0.1) is 11.3 Å². The highest BCUT2D eigenvalue weighted by molar-refractivity contribution is 7.11. The van der Waals surface area contributed by atoms with E-state index in [0.717, 1.165) is 11.3 Å². The highest BCUT2D eigenvalue weighted by atomic mass is 32.1. The number of non-ortho nitro benzene ring substituents is 1. The summed E-state index contributed by atoms with van der Waals surface area (Å²) in [6.07, 6.45) is 1.79. The van der Waals surface area contributed by atoms with Crippen molar-refractivity contribution in [1.82, 2.24) is 4.98 Å². The molecule has 0 unspecified atom stereocenters. The minimum Gasteiger partial charge on any atom is -0.378 e. The first kappa shape index (κ1) is 18.3. The molecule has 0 fully saturated rings. The van der Waals surface area contributed by atoms with Crippen LogP contribution in [0, 0.1) is 21.4 Å². The molecule has 0 bridgehead atoms. The van der Waals surface area contributed by atoms with E-state index in [4.69, 9.17) is 0 Å². The van der Waals surface area contributed by atoms with E-state index in [9.17, 15) is 15.4 Å². The van der Waals surface area contributed by atoms with Gasteiger partial charge in [-0.05, 0) is 23.8 Å². The number of rotatable bonds is 5. The maximum atomic E-state index is 10.9. The zero-order valence-electron chi connectivity index (χ0n) is 14.8. The number of anilines is 1. The van der Waals surface area contributed by atoms with Crippen molar-refractivity contribution < 1.29 is 4.92 Å². The summed E-state index contributed by atoms with van der Waals surface area (Å²) in [5.74, 6) is 0. The van der Waals surface area contributed by atoms with Crippen molar-refractivity contribution in [2.24, 2.45) is 0 Å². The van der Waals surface area contributed by atoms with Crippen LogP contribution in [0.15, 0.2) is 53.9 Å². The van der Waals surface area contributed by atoms with Crippen molar-refractivity contribution in [2.75, 3.05) is 19.0 Å². The minimum atomic E-state index is -0.436. The molecule has 27 heavy (non-hydrogen) atoms. The largest absolute Gasteiger partial charge is 0.378 e. The molecular weight excluding hydrogens is 360 g/mol. The Hall–Kier alpha value is -3.50. The third-order valence-electron chi connectivity index (χ3n) is 3.93. The monoisotopic (exact) mass is 376 g/mol. The van der Waals surface area contributed by atoms with Crippen molar-refractivity contribution in [3.63, 3.8) is 0 Å². The van der Waals surface area contributed by atoms with Gasteiger partial charge in [0.25, 0.3) is 5.69 Å². The van der Waals surface area contributed by atoms with Crippen LogP contribution >= 0.6 is 11.3 Å². The van der Waals surface area contributed by atoms with E-state index in [-0.39, 0.29) is 5.69 Å². The van der Waals surface area contributed by atoms with Gasteiger partial charge in [-0.3, -0.25) is 10.1 Å². The summed E-state index contributed by atoms with van der Waals surface area (Å²) in [7, 11) is 3.94. The van der Waals surface area contributed by atoms with Crippen LogP contribution in [0.5, 0.6) is 0 Å². The van der Waals surface area contributed by atoms with Gasteiger partial charge >= 0.3 is 0 Å². The predicted molar refractivity (Wildman–Crippen MR) is 108 cm³/mol. The van der Waals surface area contributed by atoms with Gasteiger partial charge in [0.2, 0.25) is 0 Å². The summed E-state index contributed by atoms with van der Waals surface area (Å²) in [6.45, 7) is 0. The molecule has 0 radical (unpaired) electrons. The molecule has 2 aromatic carbocycles. The van der Waals surface area contributed by atoms with Gasteiger partial charge < -0.3 is 4.90 Å². The smallest absolute Gasteiger partial charge is 0.270 e. The second kappa shape index (κ2) is 7.81. The number of nitrogens with zero attached hydrogens (tertiary/aromatic N) is 4. The lowest BCUT2D eigenvalue weighted by Gasteiger charge is -2.11. The molecule has 0 spiro atoms. The first-order chi connectivity index (χ1) is 13.0. The average Bonchev–Trinajstić information content (AvgIpc) is 3.16. The zero-order chi connectivity index (χ0) is 19.4. The number of thiazole rings is 1. The van der Waals surface area contributed by atoms with Crippen molar-refractivity contribution in [3.05, 3.63) is 74.6 Å². The molecule has 0 amide bonds. The minimum absolute atomic E-state index is 0.0130. The van der Waals surface area contributed by atoms with Crippen LogP contribution in [0.1, 0.15) is 10.6 Å². The summed E-state index contributed by atoms with van der Waals surface area (Å²) in [5, 5.41) is 22.9. The lowest BCUT2D eigenvalue weighted by Crippen LogP contribution is -2.07. The summed E-state index contributed by atoms with van der Waals surface area (Å²) in [6, 6.07) is 16.4. The number of nitro groups is 1. The fourth-order valence-electron chi connectivity index (χ4n) is 2.49. The molecule has 134 valence electrons. The molecule has 1 heterocycles. The highest BCUT2D eigenvalue weighted by Crippen LogP contribution is 2.29. The first-order valence-electron chi connectivity index (χ1n) is 8.08. The zero-order valence-corrected chi connectivity index (χ0v) is 15.6. The molecule has 3 rings (SSSR count). The maximum Gasteiger partial charge on any atom is 0.270 e. The molecule has 6 nitrogen and oxygen atoms in total. The molecule has 0 aliphatic rings. The first-order valence-corrected chi connectivity index (χ1v) is 8.96. The summed E-state index contributed by atoms with van der Waals surface area (Å²) in [4.78, 5) is 17.0. The Labute approximate surface area is 160 Å². The molecule has 0 aliphatic carbocycles. The summed E-state index contributed by atoms with van der Waals surface area (Å²) >= 11 is 1.34. The Morgan fingerprint density at radius 2 is 2.00 bits per heavy atom. The van der Waals surface area contributed by atoms with E-state index >= 15 is 0 Å². The summed E-state index contributed by atoms with van der Waals surface area (Å²) < 4.78 is 0. The molecule has 0 aliphatic heterocycles. The van der Waals surface area contributed by atoms with Crippen LogP contribution < -0.4 is 4.90 Å². The third-order valence-corrected chi connectivity index (χ3v) is 4.80. The molecular formula is C20H16N4O2S. The highest BCUT2D eigenvalue weighted by Gasteiger charge is 2.12. The number of hydrogen-bond donors (Lipinski definition) is 0. The molecule has 0 atom stereocenters. The predicted octanol–water partition coefficient (Wildman–Crippen LogP) is 4.85. The Kier molecular flexibility index (Phi) is 5.29. The van der Waals surface area contributed by atoms with Gasteiger partial charge in [-0.2, -0.15) is 5.26 Å². The topological polar surface area (TPSA) is 83.1 Å². The molecule has 0 saturated carbocycles. The lowest BCUT2D eigenvalue weighted by molar-refractivity contribution is -0.384. The van der Waals surface area contributed by atoms with Crippen LogP contribution in [-0.4, -0.2) is 24.0 Å². The maximum absolute atomic E-state index is 10.9. The number of nitriles is 1. The second-order valence-corrected chi connectivity index (χ2v) is 6.86. The van der Waals surface area contributed by atoms with E-state index in [0.29, 0.717) is 21.8 Å². The van der Waals surface area contributed by atoms with Crippen LogP contribution in [-0.2, 0) is 0 Å². The van der Waals surface area contributed by atoms with Crippen molar-refractivity contribution >= 4 is 34.4 Å². The van der Waals surface area contributed by atoms with Crippen molar-refractivity contribution in [1.29, 1.82) is 5.26 Å². The van der Waals surface area contributed by atoms with E-state index in [2.05, 4.69) is 11.1 Å². The Balaban J connectivity index is 1.90.